The quantitative estimate of drug-likeness (QED) is 0.701. The molecule has 3 nitrogen and oxygen atoms in total. The van der Waals surface area contributed by atoms with E-state index in [1.54, 1.807) is 0 Å². The zero-order valence-corrected chi connectivity index (χ0v) is 11.4. The van der Waals surface area contributed by atoms with Crippen molar-refractivity contribution in [3.63, 3.8) is 0 Å². The number of aliphatic hydroxyl groups is 2. The molecule has 2 fully saturated rings. The van der Waals surface area contributed by atoms with Gasteiger partial charge in [-0.25, -0.2) is 0 Å². The second-order valence-electron chi connectivity index (χ2n) is 6.31. The minimum atomic E-state index is -1.23. The molecule has 0 aromatic carbocycles. The van der Waals surface area contributed by atoms with Gasteiger partial charge in [-0.3, -0.25) is 0 Å². The van der Waals surface area contributed by atoms with Gasteiger partial charge in [-0.1, -0.05) is 11.1 Å². The van der Waals surface area contributed by atoms with Crippen LogP contribution in [0.15, 0.2) is 22.8 Å². The van der Waals surface area contributed by atoms with Crippen LogP contribution >= 0.6 is 0 Å². The van der Waals surface area contributed by atoms with Crippen molar-refractivity contribution in [2.24, 2.45) is 11.8 Å². The molecule has 0 aromatic heterocycles. The van der Waals surface area contributed by atoms with Crippen molar-refractivity contribution < 1.29 is 14.9 Å². The molecule has 1 aliphatic carbocycles. The summed E-state index contributed by atoms with van der Waals surface area (Å²) in [6.07, 6.45) is 4.68. The van der Waals surface area contributed by atoms with Crippen LogP contribution < -0.4 is 0 Å². The molecule has 4 atom stereocenters. The Bertz CT molecular complexity index is 447. The van der Waals surface area contributed by atoms with E-state index >= 15 is 0 Å². The van der Waals surface area contributed by atoms with Gasteiger partial charge in [0.2, 0.25) is 5.79 Å². The number of hydrogen-bond donors (Lipinski definition) is 2. The molecule has 3 aliphatic rings. The molecule has 1 spiro atoms. The van der Waals surface area contributed by atoms with Crippen LogP contribution in [0, 0.1) is 11.8 Å². The Labute approximate surface area is 108 Å². The van der Waals surface area contributed by atoms with Crippen molar-refractivity contribution in [3.05, 3.63) is 22.8 Å². The van der Waals surface area contributed by atoms with Crippen LogP contribution in [0.2, 0.25) is 0 Å². The molecule has 1 saturated carbocycles. The zero-order chi connectivity index (χ0) is 13.1. The molecule has 0 aromatic rings. The maximum Gasteiger partial charge on any atom is 0.209 e. The number of hydrogen-bond acceptors (Lipinski definition) is 3. The van der Waals surface area contributed by atoms with E-state index in [-0.39, 0.29) is 18.1 Å². The number of rotatable bonds is 1. The van der Waals surface area contributed by atoms with Crippen LogP contribution in [0.4, 0.5) is 0 Å². The van der Waals surface area contributed by atoms with Crippen LogP contribution in [0.5, 0.6) is 0 Å². The van der Waals surface area contributed by atoms with Crippen molar-refractivity contribution in [2.75, 3.05) is 6.61 Å². The Morgan fingerprint density at radius 1 is 1.44 bits per heavy atom. The van der Waals surface area contributed by atoms with E-state index in [4.69, 9.17) is 4.74 Å². The molecule has 100 valence electrons. The summed E-state index contributed by atoms with van der Waals surface area (Å²) < 4.78 is 6.11. The van der Waals surface area contributed by atoms with Crippen molar-refractivity contribution in [3.8, 4) is 0 Å². The lowest BCUT2D eigenvalue weighted by Crippen LogP contribution is -2.47. The Morgan fingerprint density at radius 2 is 2.17 bits per heavy atom. The minimum absolute atomic E-state index is 0.148. The van der Waals surface area contributed by atoms with Gasteiger partial charge < -0.3 is 14.9 Å². The zero-order valence-electron chi connectivity index (χ0n) is 11.4. The summed E-state index contributed by atoms with van der Waals surface area (Å²) in [4.78, 5) is 0. The van der Waals surface area contributed by atoms with E-state index < -0.39 is 5.79 Å². The molecule has 2 bridgehead atoms. The molecule has 3 rings (SSSR count). The predicted octanol–water partition coefficient (Wildman–Crippen LogP) is 2.15. The molecule has 2 N–H and O–H groups in total. The highest BCUT2D eigenvalue weighted by Crippen LogP contribution is 2.61. The summed E-state index contributed by atoms with van der Waals surface area (Å²) in [7, 11) is 0. The van der Waals surface area contributed by atoms with Gasteiger partial charge in [-0.15, -0.1) is 0 Å². The molecule has 2 aliphatic heterocycles. The number of allylic oxidation sites excluding steroid dienone is 1. The van der Waals surface area contributed by atoms with E-state index in [1.165, 1.54) is 5.57 Å². The lowest BCUT2D eigenvalue weighted by Gasteiger charge is -2.41. The number of aliphatic hydroxyl groups excluding tert-OH is 1. The van der Waals surface area contributed by atoms with Gasteiger partial charge >= 0.3 is 0 Å². The highest BCUT2D eigenvalue weighted by atomic mass is 16.6. The van der Waals surface area contributed by atoms with Gasteiger partial charge in [0, 0.05) is 24.9 Å². The fourth-order valence-electron chi connectivity index (χ4n) is 4.27. The first-order chi connectivity index (χ1) is 8.43. The molecule has 0 radical (unpaired) electrons. The molecule has 0 amide bonds. The van der Waals surface area contributed by atoms with Crippen LogP contribution in [-0.2, 0) is 4.74 Å². The summed E-state index contributed by atoms with van der Waals surface area (Å²) in [5.41, 5.74) is 2.97. The van der Waals surface area contributed by atoms with Crippen LogP contribution in [0.25, 0.3) is 0 Å². The van der Waals surface area contributed by atoms with Gasteiger partial charge in [0.05, 0.1) is 5.60 Å². The van der Waals surface area contributed by atoms with E-state index in [2.05, 4.69) is 6.92 Å². The minimum Gasteiger partial charge on any atom is -0.396 e. The lowest BCUT2D eigenvalue weighted by molar-refractivity contribution is -0.213. The summed E-state index contributed by atoms with van der Waals surface area (Å²) >= 11 is 0. The van der Waals surface area contributed by atoms with Crippen molar-refractivity contribution in [2.45, 2.75) is 51.4 Å². The standard InChI is InChI=1S/C15H22O3/c1-9(2)13-7-14-11(8-16)4-5-12(14)10(3)6-15(13,17)18-14/h6,11-12,16-17H,4-5,7-8H2,1-3H3/t11-,12+,14+,15-/m1/s1. The molecule has 3 heteroatoms. The number of fused-ring (bicyclic) bond motifs is 1. The highest BCUT2D eigenvalue weighted by Gasteiger charge is 2.63. The number of ether oxygens (including phenoxy) is 1. The first-order valence-electron chi connectivity index (χ1n) is 6.82. The van der Waals surface area contributed by atoms with Crippen LogP contribution in [0.3, 0.4) is 0 Å². The second kappa shape index (κ2) is 3.69. The SMILES string of the molecule is CC1=C[C@@]2(O)O[C@@]3(CC2=C(C)C)[C@@H](CO)CC[C@@H]13. The molecular formula is C15H22O3. The molecule has 18 heavy (non-hydrogen) atoms. The maximum absolute atomic E-state index is 10.7. The first-order valence-corrected chi connectivity index (χ1v) is 6.82. The van der Waals surface area contributed by atoms with Crippen molar-refractivity contribution in [1.29, 1.82) is 0 Å². The van der Waals surface area contributed by atoms with Gasteiger partial charge in [0.1, 0.15) is 0 Å². The van der Waals surface area contributed by atoms with Crippen molar-refractivity contribution in [1.82, 2.24) is 0 Å². The Hall–Kier alpha value is -0.640. The molecular weight excluding hydrogens is 228 g/mol. The topological polar surface area (TPSA) is 49.7 Å². The summed E-state index contributed by atoms with van der Waals surface area (Å²) in [5.74, 6) is -0.724. The average Bonchev–Trinajstić information content (AvgIpc) is 2.75. The molecule has 0 unspecified atom stereocenters. The Balaban J connectivity index is 2.15. The Morgan fingerprint density at radius 3 is 2.78 bits per heavy atom. The predicted molar refractivity (Wildman–Crippen MR) is 68.8 cm³/mol. The van der Waals surface area contributed by atoms with Gasteiger partial charge in [0.25, 0.3) is 0 Å². The van der Waals surface area contributed by atoms with Crippen molar-refractivity contribution >= 4 is 0 Å². The van der Waals surface area contributed by atoms with Gasteiger partial charge in [-0.05, 0) is 45.3 Å². The Kier molecular flexibility index (Phi) is 2.54. The van der Waals surface area contributed by atoms with Crippen LogP contribution in [0.1, 0.15) is 40.0 Å². The molecule has 1 saturated heterocycles. The van der Waals surface area contributed by atoms with E-state index in [0.29, 0.717) is 5.92 Å². The third-order valence-electron chi connectivity index (χ3n) is 5.11. The summed E-state index contributed by atoms with van der Waals surface area (Å²) in [6.45, 7) is 6.28. The first kappa shape index (κ1) is 12.4. The highest BCUT2D eigenvalue weighted by molar-refractivity contribution is 5.40. The summed E-state index contributed by atoms with van der Waals surface area (Å²) in [5, 5.41) is 20.4. The van der Waals surface area contributed by atoms with E-state index in [9.17, 15) is 10.2 Å². The smallest absolute Gasteiger partial charge is 0.209 e. The van der Waals surface area contributed by atoms with E-state index in [1.807, 2.05) is 19.9 Å². The third-order valence-corrected chi connectivity index (χ3v) is 5.11. The fraction of sp³-hybridized carbons (Fsp3) is 0.733. The normalized spacial score (nSPS) is 46.1. The lowest BCUT2D eigenvalue weighted by atomic mass is 9.78. The second-order valence-corrected chi connectivity index (χ2v) is 6.31. The monoisotopic (exact) mass is 250 g/mol. The maximum atomic E-state index is 10.7. The average molecular weight is 250 g/mol. The summed E-state index contributed by atoms with van der Waals surface area (Å²) in [6, 6.07) is 0. The third kappa shape index (κ3) is 1.35. The fourth-order valence-corrected chi connectivity index (χ4v) is 4.27. The van der Waals surface area contributed by atoms with Gasteiger partial charge in [-0.2, -0.15) is 0 Å². The largest absolute Gasteiger partial charge is 0.396 e. The van der Waals surface area contributed by atoms with Crippen LogP contribution in [-0.4, -0.2) is 28.2 Å². The molecule has 2 heterocycles. The van der Waals surface area contributed by atoms with Gasteiger partial charge in [0.15, 0.2) is 0 Å². The van der Waals surface area contributed by atoms with E-state index in [0.717, 1.165) is 30.4 Å².